The van der Waals surface area contributed by atoms with Crippen molar-refractivity contribution in [1.29, 1.82) is 0 Å². The van der Waals surface area contributed by atoms with Crippen molar-refractivity contribution >= 4 is 0 Å². The first kappa shape index (κ1) is 6.81. The molecule has 0 saturated heterocycles. The Balaban J connectivity index is 2.59. The van der Waals surface area contributed by atoms with E-state index in [1.807, 2.05) is 35.2 Å². The van der Waals surface area contributed by atoms with Crippen molar-refractivity contribution in [1.82, 2.24) is 0 Å². The minimum absolute atomic E-state index is 0.720. The first-order valence-corrected chi connectivity index (χ1v) is 3.17. The zero-order valence-corrected chi connectivity index (χ0v) is 5.64. The molecule has 52 valence electrons. The minimum Gasteiger partial charge on any atom is -0.516 e. The highest BCUT2D eigenvalue weighted by Crippen LogP contribution is 1.77. The van der Waals surface area contributed by atoms with E-state index < -0.39 is 0 Å². The van der Waals surface area contributed by atoms with E-state index in [2.05, 4.69) is 0 Å². The molecule has 0 aromatic carbocycles. The van der Waals surface area contributed by atoms with Crippen LogP contribution in [0.25, 0.3) is 0 Å². The molecular weight excluding hydrogens is 126 g/mol. The third-order valence-corrected chi connectivity index (χ3v) is 1.20. The van der Waals surface area contributed by atoms with Gasteiger partial charge in [0.1, 0.15) is 0 Å². The minimum atomic E-state index is 0.720. The summed E-state index contributed by atoms with van der Waals surface area (Å²) >= 11 is 0. The summed E-state index contributed by atoms with van der Waals surface area (Å²) in [5.41, 5.74) is 0. The Bertz CT molecular complexity index is 206. The quantitative estimate of drug-likeness (QED) is 0.477. The zero-order chi connectivity index (χ0) is 7.23. The smallest absolute Gasteiger partial charge is 0.170 e. The summed E-state index contributed by atoms with van der Waals surface area (Å²) in [7, 11) is 0. The second-order valence-corrected chi connectivity index (χ2v) is 1.96. The highest BCUT2D eigenvalue weighted by molar-refractivity contribution is 4.84. The predicted octanol–water partition coefficient (Wildman–Crippen LogP) is 1.05. The third kappa shape index (κ3) is 1.90. The van der Waals surface area contributed by atoms with E-state index in [1.165, 1.54) is 0 Å². The number of rotatable bonds is 2. The molecule has 0 amide bonds. The van der Waals surface area contributed by atoms with Crippen LogP contribution in [-0.2, 0) is 6.54 Å². The lowest BCUT2D eigenvalue weighted by Crippen LogP contribution is -2.30. The molecule has 1 aromatic heterocycles. The van der Waals surface area contributed by atoms with Gasteiger partial charge >= 0.3 is 0 Å². The maximum atomic E-state index is 8.33. The number of hydrogen-bond acceptors (Lipinski definition) is 1. The first-order valence-electron chi connectivity index (χ1n) is 3.17. The SMILES string of the molecule is OC=CC[n+]1ccccc1. The van der Waals surface area contributed by atoms with Crippen LogP contribution in [0.2, 0.25) is 0 Å². The molecule has 0 saturated carbocycles. The van der Waals surface area contributed by atoms with Gasteiger partial charge in [-0.3, -0.25) is 0 Å². The molecule has 0 unspecified atom stereocenters. The highest BCUT2D eigenvalue weighted by Gasteiger charge is 1.89. The Morgan fingerprint density at radius 3 is 2.50 bits per heavy atom. The Morgan fingerprint density at radius 2 is 1.90 bits per heavy atom. The van der Waals surface area contributed by atoms with E-state index in [0.29, 0.717) is 0 Å². The number of nitrogens with zero attached hydrogens (tertiary/aromatic N) is 1. The number of pyridine rings is 1. The number of aromatic nitrogens is 1. The van der Waals surface area contributed by atoms with Crippen molar-refractivity contribution in [3.05, 3.63) is 42.9 Å². The van der Waals surface area contributed by atoms with Crippen molar-refractivity contribution in [3.8, 4) is 0 Å². The Morgan fingerprint density at radius 1 is 1.20 bits per heavy atom. The fraction of sp³-hybridized carbons (Fsp3) is 0.125. The van der Waals surface area contributed by atoms with Gasteiger partial charge in [0.2, 0.25) is 0 Å². The molecule has 1 heterocycles. The van der Waals surface area contributed by atoms with Crippen LogP contribution in [0.1, 0.15) is 0 Å². The second-order valence-electron chi connectivity index (χ2n) is 1.96. The number of aliphatic hydroxyl groups excluding tert-OH is 1. The summed E-state index contributed by atoms with van der Waals surface area (Å²) in [6.45, 7) is 0.720. The van der Waals surface area contributed by atoms with Crippen LogP contribution in [0.5, 0.6) is 0 Å². The largest absolute Gasteiger partial charge is 0.516 e. The molecule has 0 aliphatic rings. The third-order valence-electron chi connectivity index (χ3n) is 1.20. The van der Waals surface area contributed by atoms with Gasteiger partial charge in [0, 0.05) is 18.2 Å². The molecule has 10 heavy (non-hydrogen) atoms. The Kier molecular flexibility index (Phi) is 2.49. The molecule has 1 rings (SSSR count). The van der Waals surface area contributed by atoms with Crippen molar-refractivity contribution in [3.63, 3.8) is 0 Å². The van der Waals surface area contributed by atoms with E-state index in [0.717, 1.165) is 12.8 Å². The molecule has 0 aliphatic carbocycles. The number of hydrogen-bond donors (Lipinski definition) is 1. The summed E-state index contributed by atoms with van der Waals surface area (Å²) in [6, 6.07) is 5.86. The first-order chi connectivity index (χ1) is 4.93. The van der Waals surface area contributed by atoms with Gasteiger partial charge in [-0.15, -0.1) is 0 Å². The van der Waals surface area contributed by atoms with Crippen LogP contribution in [0.15, 0.2) is 42.9 Å². The molecule has 0 aliphatic heterocycles. The normalized spacial score (nSPS) is 10.4. The van der Waals surface area contributed by atoms with Crippen molar-refractivity contribution in [2.45, 2.75) is 6.54 Å². The standard InChI is InChI=1S/C8H9NO/c10-8-4-7-9-5-2-1-3-6-9/h1-6,8H,7H2/p+1. The molecule has 0 bridgehead atoms. The molecule has 0 spiro atoms. The van der Waals surface area contributed by atoms with Crippen LogP contribution < -0.4 is 4.57 Å². The van der Waals surface area contributed by atoms with Gasteiger partial charge < -0.3 is 5.11 Å². The van der Waals surface area contributed by atoms with Gasteiger partial charge in [-0.2, -0.15) is 0 Å². The van der Waals surface area contributed by atoms with E-state index in [4.69, 9.17) is 5.11 Å². The summed E-state index contributed by atoms with van der Waals surface area (Å²) in [4.78, 5) is 0. The van der Waals surface area contributed by atoms with Crippen LogP contribution in [0, 0.1) is 0 Å². The maximum Gasteiger partial charge on any atom is 0.170 e. The molecule has 1 N–H and O–H groups in total. The molecule has 2 nitrogen and oxygen atoms in total. The lowest BCUT2D eigenvalue weighted by molar-refractivity contribution is -0.687. The molecule has 0 atom stereocenters. The number of allylic oxidation sites excluding steroid dienone is 1. The van der Waals surface area contributed by atoms with Gasteiger partial charge in [0.15, 0.2) is 18.9 Å². The van der Waals surface area contributed by atoms with Gasteiger partial charge in [0.05, 0.1) is 6.26 Å². The van der Waals surface area contributed by atoms with Gasteiger partial charge in [-0.1, -0.05) is 6.07 Å². The fourth-order valence-electron chi connectivity index (χ4n) is 0.725. The van der Waals surface area contributed by atoms with Crippen molar-refractivity contribution in [2.75, 3.05) is 0 Å². The Hall–Kier alpha value is -1.31. The van der Waals surface area contributed by atoms with E-state index in [-0.39, 0.29) is 0 Å². The summed E-state index contributed by atoms with van der Waals surface area (Å²) in [5.74, 6) is 0. The zero-order valence-electron chi connectivity index (χ0n) is 5.64. The van der Waals surface area contributed by atoms with Crippen LogP contribution in [0.4, 0.5) is 0 Å². The predicted molar refractivity (Wildman–Crippen MR) is 38.4 cm³/mol. The topological polar surface area (TPSA) is 24.1 Å². The van der Waals surface area contributed by atoms with E-state index in [1.54, 1.807) is 6.08 Å². The lowest BCUT2D eigenvalue weighted by atomic mass is 10.5. The van der Waals surface area contributed by atoms with Crippen LogP contribution >= 0.6 is 0 Å². The molecule has 2 heteroatoms. The van der Waals surface area contributed by atoms with Crippen LogP contribution in [0.3, 0.4) is 0 Å². The van der Waals surface area contributed by atoms with Crippen molar-refractivity contribution in [2.24, 2.45) is 0 Å². The summed E-state index contributed by atoms with van der Waals surface area (Å²) in [5, 5.41) is 8.33. The monoisotopic (exact) mass is 136 g/mol. The summed E-state index contributed by atoms with van der Waals surface area (Å²) in [6.07, 6.45) is 6.62. The average molecular weight is 136 g/mol. The van der Waals surface area contributed by atoms with Gasteiger partial charge in [0.25, 0.3) is 0 Å². The lowest BCUT2D eigenvalue weighted by Gasteiger charge is -1.86. The number of aliphatic hydroxyl groups is 1. The van der Waals surface area contributed by atoms with E-state index in [9.17, 15) is 0 Å². The average Bonchev–Trinajstić information content (AvgIpc) is 2.03. The van der Waals surface area contributed by atoms with Gasteiger partial charge in [-0.25, -0.2) is 4.57 Å². The summed E-state index contributed by atoms with van der Waals surface area (Å²) < 4.78 is 1.96. The van der Waals surface area contributed by atoms with Crippen molar-refractivity contribution < 1.29 is 9.67 Å². The maximum absolute atomic E-state index is 8.33. The fourth-order valence-corrected chi connectivity index (χ4v) is 0.725. The molecule has 0 radical (unpaired) electrons. The van der Waals surface area contributed by atoms with Gasteiger partial charge in [-0.05, 0) is 0 Å². The van der Waals surface area contributed by atoms with E-state index >= 15 is 0 Å². The molecule has 1 aromatic rings. The second kappa shape index (κ2) is 3.67. The van der Waals surface area contributed by atoms with Crippen LogP contribution in [-0.4, -0.2) is 5.11 Å². The molecule has 0 fully saturated rings. The molecular formula is C8H10NO+. The highest BCUT2D eigenvalue weighted by atomic mass is 16.2. The Labute approximate surface area is 60.1 Å².